The van der Waals surface area contributed by atoms with Crippen molar-refractivity contribution in [3.8, 4) is 5.75 Å². The second-order valence-electron chi connectivity index (χ2n) is 9.93. The lowest BCUT2D eigenvalue weighted by Crippen LogP contribution is -2.27. The molecular formula is C28H32ClN7O4. The second-order valence-corrected chi connectivity index (χ2v) is 10.3. The molecule has 5 heterocycles. The molecule has 0 unspecified atom stereocenters. The van der Waals surface area contributed by atoms with E-state index in [0.717, 1.165) is 30.8 Å². The Hall–Kier alpha value is -3.80. The lowest BCUT2D eigenvalue weighted by atomic mass is 10.1. The first kappa shape index (κ1) is 27.8. The van der Waals surface area contributed by atoms with Crippen LogP contribution in [-0.2, 0) is 16.1 Å². The fourth-order valence-corrected chi connectivity index (χ4v) is 5.41. The molecule has 0 spiro atoms. The number of aryl methyl sites for hydroxylation is 1. The molecule has 0 aliphatic carbocycles. The van der Waals surface area contributed by atoms with Crippen molar-refractivity contribution in [3.63, 3.8) is 0 Å². The number of methoxy groups -OCH3 is 1. The van der Waals surface area contributed by atoms with Gasteiger partial charge in [0.05, 0.1) is 37.1 Å². The number of rotatable bonds is 10. The van der Waals surface area contributed by atoms with Crippen molar-refractivity contribution >= 4 is 46.7 Å². The Morgan fingerprint density at radius 2 is 2.02 bits per heavy atom. The average Bonchev–Trinajstić information content (AvgIpc) is 3.66. The van der Waals surface area contributed by atoms with E-state index in [9.17, 15) is 9.59 Å². The molecule has 0 atom stereocenters. The highest BCUT2D eigenvalue weighted by Crippen LogP contribution is 2.41. The van der Waals surface area contributed by atoms with Crippen molar-refractivity contribution in [2.75, 3.05) is 50.6 Å². The van der Waals surface area contributed by atoms with E-state index in [-0.39, 0.29) is 41.5 Å². The summed E-state index contributed by atoms with van der Waals surface area (Å²) in [5.41, 5.74) is 9.90. The monoisotopic (exact) mass is 565 g/mol. The summed E-state index contributed by atoms with van der Waals surface area (Å²) in [6.07, 6.45) is 7.37. The SMILES string of the molecule is COc1c(C)cnc(CN2C(=O)/C(=C/c3cc(C(=O)COCCN4CCCC4)c[nH]3)c3c(Cl)nc(N)nc32)c1C. The minimum atomic E-state index is -0.342. The van der Waals surface area contributed by atoms with Crippen molar-refractivity contribution < 1.29 is 19.1 Å². The average molecular weight is 566 g/mol. The number of nitrogen functional groups attached to an aromatic ring is 1. The molecule has 11 nitrogen and oxygen atoms in total. The first-order valence-corrected chi connectivity index (χ1v) is 13.5. The normalized spacial score (nSPS) is 16.2. The Morgan fingerprint density at radius 1 is 1.25 bits per heavy atom. The van der Waals surface area contributed by atoms with Gasteiger partial charge in [-0.05, 0) is 51.9 Å². The lowest BCUT2D eigenvalue weighted by molar-refractivity contribution is -0.113. The fourth-order valence-electron chi connectivity index (χ4n) is 5.13. The number of fused-ring (bicyclic) bond motifs is 1. The predicted octanol–water partition coefficient (Wildman–Crippen LogP) is 3.44. The van der Waals surface area contributed by atoms with Crippen LogP contribution < -0.4 is 15.4 Å². The quantitative estimate of drug-likeness (QED) is 0.164. The topological polar surface area (TPSA) is 140 Å². The van der Waals surface area contributed by atoms with Gasteiger partial charge in [-0.2, -0.15) is 4.98 Å². The van der Waals surface area contributed by atoms with E-state index in [1.807, 2.05) is 13.8 Å². The Morgan fingerprint density at radius 3 is 2.77 bits per heavy atom. The highest BCUT2D eigenvalue weighted by molar-refractivity contribution is 6.41. The van der Waals surface area contributed by atoms with Crippen LogP contribution in [0, 0.1) is 13.8 Å². The van der Waals surface area contributed by atoms with Crippen LogP contribution in [0.5, 0.6) is 5.75 Å². The summed E-state index contributed by atoms with van der Waals surface area (Å²) >= 11 is 6.47. The van der Waals surface area contributed by atoms with Gasteiger partial charge in [-0.25, -0.2) is 4.98 Å². The molecule has 0 saturated carbocycles. The highest BCUT2D eigenvalue weighted by Gasteiger charge is 2.37. The number of carbonyl (C=O) groups is 2. The zero-order valence-electron chi connectivity index (χ0n) is 22.8. The number of aromatic nitrogens is 4. The highest BCUT2D eigenvalue weighted by atomic mass is 35.5. The zero-order chi connectivity index (χ0) is 28.4. The third-order valence-electron chi connectivity index (χ3n) is 7.23. The van der Waals surface area contributed by atoms with Crippen LogP contribution >= 0.6 is 11.6 Å². The molecule has 0 aromatic carbocycles. The van der Waals surface area contributed by atoms with Gasteiger partial charge >= 0.3 is 0 Å². The number of pyridine rings is 1. The third-order valence-corrected chi connectivity index (χ3v) is 7.51. The molecule has 3 N–H and O–H groups in total. The summed E-state index contributed by atoms with van der Waals surface area (Å²) in [6.45, 7) is 7.42. The second kappa shape index (κ2) is 11.7. The number of aromatic amines is 1. The molecule has 210 valence electrons. The number of anilines is 2. The lowest BCUT2D eigenvalue weighted by Gasteiger charge is -2.19. The van der Waals surface area contributed by atoms with Gasteiger partial charge in [0.15, 0.2) is 11.6 Å². The van der Waals surface area contributed by atoms with Crippen LogP contribution in [0.15, 0.2) is 18.5 Å². The first-order chi connectivity index (χ1) is 19.3. The van der Waals surface area contributed by atoms with Crippen LogP contribution in [0.2, 0.25) is 5.15 Å². The number of Topliss-reactive ketones (excluding diaryl/α,β-unsaturated/α-hetero) is 1. The Kier molecular flexibility index (Phi) is 8.15. The predicted molar refractivity (Wildman–Crippen MR) is 152 cm³/mol. The molecule has 0 radical (unpaired) electrons. The summed E-state index contributed by atoms with van der Waals surface area (Å²) in [6, 6.07) is 1.68. The Labute approximate surface area is 237 Å². The maximum absolute atomic E-state index is 13.7. The van der Waals surface area contributed by atoms with Gasteiger partial charge in [0.25, 0.3) is 5.91 Å². The van der Waals surface area contributed by atoms with Gasteiger partial charge in [-0.3, -0.25) is 19.5 Å². The van der Waals surface area contributed by atoms with E-state index in [1.165, 1.54) is 17.7 Å². The largest absolute Gasteiger partial charge is 0.496 e. The number of carbonyl (C=O) groups excluding carboxylic acids is 2. The summed E-state index contributed by atoms with van der Waals surface area (Å²) in [4.78, 5) is 46.2. The van der Waals surface area contributed by atoms with Gasteiger partial charge in [0, 0.05) is 41.3 Å². The minimum Gasteiger partial charge on any atom is -0.496 e. The molecule has 0 bridgehead atoms. The molecule has 12 heteroatoms. The number of nitrogens with one attached hydrogen (secondary N) is 1. The van der Waals surface area contributed by atoms with Crippen molar-refractivity contribution in [3.05, 3.63) is 57.3 Å². The molecule has 40 heavy (non-hydrogen) atoms. The van der Waals surface area contributed by atoms with Crippen LogP contribution in [0.25, 0.3) is 11.6 Å². The van der Waals surface area contributed by atoms with E-state index in [0.29, 0.717) is 40.7 Å². The maximum Gasteiger partial charge on any atom is 0.260 e. The van der Waals surface area contributed by atoms with Crippen molar-refractivity contribution in [1.29, 1.82) is 0 Å². The van der Waals surface area contributed by atoms with E-state index in [1.54, 1.807) is 31.6 Å². The Bertz CT molecular complexity index is 1480. The Balaban J connectivity index is 1.36. The van der Waals surface area contributed by atoms with Gasteiger partial charge in [0.1, 0.15) is 17.5 Å². The number of nitrogens with zero attached hydrogens (tertiary/aromatic N) is 5. The summed E-state index contributed by atoms with van der Waals surface area (Å²) in [5, 5.41) is 0.0602. The maximum atomic E-state index is 13.7. The summed E-state index contributed by atoms with van der Waals surface area (Å²) < 4.78 is 11.1. The minimum absolute atomic E-state index is 0.0114. The molecule has 3 aromatic heterocycles. The van der Waals surface area contributed by atoms with E-state index < -0.39 is 0 Å². The van der Waals surface area contributed by atoms with Crippen molar-refractivity contribution in [1.82, 2.24) is 24.8 Å². The van der Waals surface area contributed by atoms with Gasteiger partial charge in [-0.1, -0.05) is 11.6 Å². The summed E-state index contributed by atoms with van der Waals surface area (Å²) in [7, 11) is 1.60. The molecule has 3 aromatic rings. The van der Waals surface area contributed by atoms with Crippen LogP contribution in [0.4, 0.5) is 11.8 Å². The summed E-state index contributed by atoms with van der Waals surface area (Å²) in [5.74, 6) is 0.461. The van der Waals surface area contributed by atoms with Gasteiger partial charge in [-0.15, -0.1) is 0 Å². The molecule has 2 aliphatic heterocycles. The van der Waals surface area contributed by atoms with Crippen molar-refractivity contribution in [2.24, 2.45) is 0 Å². The number of hydrogen-bond donors (Lipinski definition) is 2. The van der Waals surface area contributed by atoms with Crippen LogP contribution in [0.1, 0.15) is 51.3 Å². The van der Waals surface area contributed by atoms with E-state index in [4.69, 9.17) is 26.8 Å². The number of H-pyrrole nitrogens is 1. The standard InChI is InChI=1S/C28H32ClN7O4/c1-16-12-32-21(17(2)24(16)39-3)14-36-26-23(25(29)33-28(30)34-26)20(27(36)38)11-19-10-18(13-31-19)22(37)15-40-9-8-35-6-4-5-7-35/h10-13,31H,4-9,14-15H2,1-3H3,(H2,30,33,34)/b20-11+. The van der Waals surface area contributed by atoms with Crippen molar-refractivity contribution in [2.45, 2.75) is 33.2 Å². The molecule has 5 rings (SSSR count). The fraction of sp³-hybridized carbons (Fsp3) is 0.393. The van der Waals surface area contributed by atoms with Gasteiger partial charge in [0.2, 0.25) is 5.95 Å². The van der Waals surface area contributed by atoms with Crippen LogP contribution in [-0.4, -0.2) is 76.5 Å². The molecule has 1 amide bonds. The number of ketones is 1. The smallest absolute Gasteiger partial charge is 0.260 e. The number of ether oxygens (including phenoxy) is 2. The van der Waals surface area contributed by atoms with Gasteiger partial charge < -0.3 is 25.1 Å². The molecule has 1 saturated heterocycles. The number of halogens is 1. The number of likely N-dealkylation sites (tertiary alicyclic amines) is 1. The number of nitrogens with two attached hydrogens (primary N) is 1. The molecule has 2 aliphatic rings. The molecule has 1 fully saturated rings. The zero-order valence-corrected chi connectivity index (χ0v) is 23.5. The van der Waals surface area contributed by atoms with E-state index >= 15 is 0 Å². The first-order valence-electron chi connectivity index (χ1n) is 13.1. The van der Waals surface area contributed by atoms with E-state index in [2.05, 4.69) is 24.8 Å². The molecular weight excluding hydrogens is 534 g/mol. The van der Waals surface area contributed by atoms with Crippen LogP contribution in [0.3, 0.4) is 0 Å². The third kappa shape index (κ3) is 5.58. The number of amides is 1. The number of hydrogen-bond acceptors (Lipinski definition) is 9.